The Balaban J connectivity index is 1.55. The molecule has 1 fully saturated rings. The largest absolute Gasteiger partial charge is 0.370 e. The summed E-state index contributed by atoms with van der Waals surface area (Å²) >= 11 is 0. The normalized spacial score (nSPS) is 17.5. The second-order valence-electron chi connectivity index (χ2n) is 7.15. The summed E-state index contributed by atoms with van der Waals surface area (Å²) in [6, 6.07) is 14.4. The second-order valence-corrected chi connectivity index (χ2v) is 7.15. The third kappa shape index (κ3) is 2.86. The lowest BCUT2D eigenvalue weighted by atomic mass is 10.1. The van der Waals surface area contributed by atoms with E-state index in [4.69, 9.17) is 4.98 Å². The number of para-hydroxylation sites is 1. The smallest absolute Gasteiger partial charge is 0.253 e. The molecule has 0 bridgehead atoms. The van der Waals surface area contributed by atoms with Gasteiger partial charge in [-0.25, -0.2) is 4.98 Å². The summed E-state index contributed by atoms with van der Waals surface area (Å²) in [6.45, 7) is 5.59. The Labute approximate surface area is 158 Å². The number of nitrogens with one attached hydrogen (secondary N) is 2. The molecular weight excluding hydrogens is 338 g/mol. The second kappa shape index (κ2) is 6.70. The molecule has 1 saturated heterocycles. The third-order valence-corrected chi connectivity index (χ3v) is 5.46. The number of hydrogen-bond acceptors (Lipinski definition) is 4. The number of rotatable bonds is 2. The van der Waals surface area contributed by atoms with Crippen LogP contribution in [0.3, 0.4) is 0 Å². The molecule has 1 amide bonds. The van der Waals surface area contributed by atoms with Gasteiger partial charge in [-0.05, 0) is 49.4 Å². The average Bonchev–Trinajstić information content (AvgIpc) is 2.85. The number of benzene rings is 2. The molecular formula is C21H23N5O. The predicted octanol–water partition coefficient (Wildman–Crippen LogP) is 2.25. The van der Waals surface area contributed by atoms with Gasteiger partial charge in [-0.15, -0.1) is 0 Å². The molecule has 0 atom stereocenters. The van der Waals surface area contributed by atoms with Crippen molar-refractivity contribution in [3.8, 4) is 11.4 Å². The van der Waals surface area contributed by atoms with Crippen LogP contribution in [0.2, 0.25) is 0 Å². The number of anilines is 1. The van der Waals surface area contributed by atoms with Gasteiger partial charge in [0.2, 0.25) is 0 Å². The molecule has 0 aliphatic carbocycles. The van der Waals surface area contributed by atoms with E-state index in [-0.39, 0.29) is 5.91 Å². The van der Waals surface area contributed by atoms with Crippen LogP contribution in [0.4, 0.5) is 5.69 Å². The van der Waals surface area contributed by atoms with Crippen molar-refractivity contribution in [1.82, 2.24) is 20.2 Å². The highest BCUT2D eigenvalue weighted by Crippen LogP contribution is 2.29. The van der Waals surface area contributed by atoms with Crippen LogP contribution in [-0.4, -0.2) is 48.2 Å². The van der Waals surface area contributed by atoms with Crippen molar-refractivity contribution in [2.24, 2.45) is 0 Å². The number of aromatic nitrogens is 2. The zero-order chi connectivity index (χ0) is 18.2. The van der Waals surface area contributed by atoms with Gasteiger partial charge < -0.3 is 20.1 Å². The summed E-state index contributed by atoms with van der Waals surface area (Å²) in [7, 11) is 0. The van der Waals surface area contributed by atoms with Gasteiger partial charge in [-0.2, -0.15) is 0 Å². The van der Waals surface area contributed by atoms with E-state index in [1.807, 2.05) is 18.2 Å². The lowest BCUT2D eigenvalue weighted by Gasteiger charge is -2.22. The number of carbonyl (C=O) groups is 1. The van der Waals surface area contributed by atoms with Gasteiger partial charge in [-0.3, -0.25) is 4.79 Å². The summed E-state index contributed by atoms with van der Waals surface area (Å²) in [6.07, 6.45) is 1.17. The zero-order valence-electron chi connectivity index (χ0n) is 15.2. The molecule has 27 heavy (non-hydrogen) atoms. The van der Waals surface area contributed by atoms with Gasteiger partial charge in [0.1, 0.15) is 5.82 Å². The van der Waals surface area contributed by atoms with Crippen LogP contribution in [0.1, 0.15) is 16.8 Å². The number of nitrogens with zero attached hydrogens (tertiary/aromatic N) is 3. The van der Waals surface area contributed by atoms with Crippen LogP contribution in [0.25, 0.3) is 22.4 Å². The van der Waals surface area contributed by atoms with Gasteiger partial charge >= 0.3 is 0 Å². The first-order chi connectivity index (χ1) is 13.3. The van der Waals surface area contributed by atoms with Crippen LogP contribution >= 0.6 is 0 Å². The Hall–Kier alpha value is -2.86. The van der Waals surface area contributed by atoms with Crippen LogP contribution in [0, 0.1) is 0 Å². The number of carbonyl (C=O) groups excluding carboxylic acids is 1. The fourth-order valence-electron chi connectivity index (χ4n) is 4.11. The SMILES string of the molecule is O=C1NCCn2c(-c3ccc(N4CCCNCC4)cc3)nc3cccc1c32. The zero-order valence-corrected chi connectivity index (χ0v) is 15.2. The van der Waals surface area contributed by atoms with Crippen molar-refractivity contribution in [2.75, 3.05) is 37.6 Å². The van der Waals surface area contributed by atoms with Crippen LogP contribution < -0.4 is 15.5 Å². The maximum absolute atomic E-state index is 12.3. The molecule has 2 aliphatic rings. The molecule has 0 unspecified atom stereocenters. The maximum atomic E-state index is 12.3. The molecule has 0 radical (unpaired) electrons. The number of imidazole rings is 1. The van der Waals surface area contributed by atoms with Gasteiger partial charge in [0.05, 0.1) is 16.6 Å². The van der Waals surface area contributed by atoms with Crippen molar-refractivity contribution in [3.63, 3.8) is 0 Å². The lowest BCUT2D eigenvalue weighted by molar-refractivity contribution is 0.0956. The Morgan fingerprint density at radius 1 is 0.926 bits per heavy atom. The number of amides is 1. The molecule has 3 aromatic rings. The van der Waals surface area contributed by atoms with Crippen LogP contribution in [-0.2, 0) is 6.54 Å². The monoisotopic (exact) mass is 361 g/mol. The Bertz CT molecular complexity index is 984. The van der Waals surface area contributed by atoms with E-state index in [9.17, 15) is 4.79 Å². The van der Waals surface area contributed by atoms with Crippen molar-refractivity contribution in [3.05, 3.63) is 48.0 Å². The molecule has 0 saturated carbocycles. The summed E-state index contributed by atoms with van der Waals surface area (Å²) in [5.41, 5.74) is 4.86. The topological polar surface area (TPSA) is 62.2 Å². The third-order valence-electron chi connectivity index (χ3n) is 5.46. The minimum absolute atomic E-state index is 0.0177. The van der Waals surface area contributed by atoms with E-state index in [0.29, 0.717) is 12.1 Å². The van der Waals surface area contributed by atoms with E-state index >= 15 is 0 Å². The molecule has 2 aliphatic heterocycles. The van der Waals surface area contributed by atoms with E-state index in [2.05, 4.69) is 44.4 Å². The highest BCUT2D eigenvalue weighted by molar-refractivity contribution is 6.06. The highest BCUT2D eigenvalue weighted by atomic mass is 16.1. The minimum Gasteiger partial charge on any atom is -0.370 e. The number of hydrogen-bond donors (Lipinski definition) is 2. The molecule has 6 heteroatoms. The van der Waals surface area contributed by atoms with Crippen molar-refractivity contribution in [2.45, 2.75) is 13.0 Å². The summed E-state index contributed by atoms with van der Waals surface area (Å²) in [5, 5.41) is 6.42. The summed E-state index contributed by atoms with van der Waals surface area (Å²) in [4.78, 5) is 19.6. The van der Waals surface area contributed by atoms with Crippen LogP contribution in [0.5, 0.6) is 0 Å². The first-order valence-corrected chi connectivity index (χ1v) is 9.65. The van der Waals surface area contributed by atoms with Crippen molar-refractivity contribution >= 4 is 22.6 Å². The van der Waals surface area contributed by atoms with Crippen LogP contribution in [0.15, 0.2) is 42.5 Å². The van der Waals surface area contributed by atoms with E-state index < -0.39 is 0 Å². The first-order valence-electron chi connectivity index (χ1n) is 9.65. The van der Waals surface area contributed by atoms with Gasteiger partial charge in [0.25, 0.3) is 5.91 Å². The summed E-state index contributed by atoms with van der Waals surface area (Å²) in [5.74, 6) is 0.911. The predicted molar refractivity (Wildman–Crippen MR) is 107 cm³/mol. The van der Waals surface area contributed by atoms with Gasteiger partial charge in [0.15, 0.2) is 0 Å². The molecule has 2 aromatic carbocycles. The van der Waals surface area contributed by atoms with Crippen molar-refractivity contribution in [1.29, 1.82) is 0 Å². The average molecular weight is 361 g/mol. The molecule has 6 nitrogen and oxygen atoms in total. The standard InChI is InChI=1S/C21H23N5O/c27-21-17-3-1-4-18-19(17)26(14-11-23-21)20(24-18)15-5-7-16(8-6-15)25-12-2-9-22-10-13-25/h1,3-8,22H,2,9-14H2,(H,23,27). The van der Waals surface area contributed by atoms with E-state index in [1.54, 1.807) is 0 Å². The molecule has 0 spiro atoms. The Morgan fingerprint density at radius 3 is 2.70 bits per heavy atom. The van der Waals surface area contributed by atoms with E-state index in [0.717, 1.165) is 55.1 Å². The quantitative estimate of drug-likeness (QED) is 0.735. The molecule has 5 rings (SSSR count). The minimum atomic E-state index is -0.0177. The Morgan fingerprint density at radius 2 is 1.81 bits per heavy atom. The summed E-state index contributed by atoms with van der Waals surface area (Å²) < 4.78 is 2.17. The molecule has 3 heterocycles. The highest BCUT2D eigenvalue weighted by Gasteiger charge is 2.21. The van der Waals surface area contributed by atoms with Gasteiger partial charge in [0, 0.05) is 44.0 Å². The fraction of sp³-hybridized carbons (Fsp3) is 0.333. The first kappa shape index (κ1) is 16.3. The molecule has 2 N–H and O–H groups in total. The molecule has 138 valence electrons. The molecule has 1 aromatic heterocycles. The Kier molecular flexibility index (Phi) is 4.05. The lowest BCUT2D eigenvalue weighted by Crippen LogP contribution is -2.27. The van der Waals surface area contributed by atoms with Crippen molar-refractivity contribution < 1.29 is 4.79 Å². The van der Waals surface area contributed by atoms with E-state index in [1.165, 1.54) is 12.1 Å². The van der Waals surface area contributed by atoms with Gasteiger partial charge in [-0.1, -0.05) is 6.07 Å². The fourth-order valence-corrected chi connectivity index (χ4v) is 4.11. The maximum Gasteiger partial charge on any atom is 0.253 e.